The zero-order valence-electron chi connectivity index (χ0n) is 14.0. The van der Waals surface area contributed by atoms with Crippen LogP contribution in [0.1, 0.15) is 58.8 Å². The van der Waals surface area contributed by atoms with E-state index in [9.17, 15) is 4.79 Å². The number of aromatic nitrogens is 2. The van der Waals surface area contributed by atoms with Crippen LogP contribution in [0.4, 0.5) is 0 Å². The fourth-order valence-electron chi connectivity index (χ4n) is 2.15. The third-order valence-electron chi connectivity index (χ3n) is 3.15. The lowest BCUT2D eigenvalue weighted by Gasteiger charge is -2.19. The minimum atomic E-state index is -0.394. The molecular weight excluding hydrogens is 312 g/mol. The second kappa shape index (κ2) is 8.24. The maximum absolute atomic E-state index is 11.6. The Hall–Kier alpha value is -1.69. The van der Waals surface area contributed by atoms with Crippen molar-refractivity contribution in [2.45, 2.75) is 64.9 Å². The lowest BCUT2D eigenvalue weighted by molar-refractivity contribution is -0.154. The maximum atomic E-state index is 11.6. The van der Waals surface area contributed by atoms with Gasteiger partial charge in [0, 0.05) is 12.8 Å². The van der Waals surface area contributed by atoms with E-state index < -0.39 is 5.60 Å². The summed E-state index contributed by atoms with van der Waals surface area (Å²) in [5.74, 6) is 1.23. The average molecular weight is 336 g/mol. The number of thiophene rings is 1. The van der Waals surface area contributed by atoms with E-state index in [2.05, 4.69) is 10.1 Å². The summed E-state index contributed by atoms with van der Waals surface area (Å²) in [5.41, 5.74) is -0.394. The zero-order valence-corrected chi connectivity index (χ0v) is 14.8. The summed E-state index contributed by atoms with van der Waals surface area (Å²) >= 11 is 1.60. The first-order chi connectivity index (χ1) is 10.9. The van der Waals surface area contributed by atoms with Gasteiger partial charge >= 0.3 is 5.97 Å². The lowest BCUT2D eigenvalue weighted by Crippen LogP contribution is -2.23. The molecule has 6 heteroatoms. The number of nitrogens with zero attached hydrogens (tertiary/aromatic N) is 2. The normalized spacial score (nSPS) is 11.6. The highest BCUT2D eigenvalue weighted by Crippen LogP contribution is 2.21. The van der Waals surface area contributed by atoms with Crippen molar-refractivity contribution in [1.82, 2.24) is 10.1 Å². The monoisotopic (exact) mass is 336 g/mol. The van der Waals surface area contributed by atoms with Crippen molar-refractivity contribution in [2.24, 2.45) is 0 Å². The molecule has 2 aromatic heterocycles. The molecule has 2 heterocycles. The van der Waals surface area contributed by atoms with Gasteiger partial charge in [-0.3, -0.25) is 4.79 Å². The van der Waals surface area contributed by atoms with E-state index >= 15 is 0 Å². The Morgan fingerprint density at radius 3 is 2.74 bits per heavy atom. The molecule has 2 aromatic rings. The van der Waals surface area contributed by atoms with E-state index in [1.54, 1.807) is 11.3 Å². The number of hydrogen-bond acceptors (Lipinski definition) is 6. The number of esters is 1. The molecule has 5 nitrogen and oxygen atoms in total. The van der Waals surface area contributed by atoms with Crippen molar-refractivity contribution < 1.29 is 14.1 Å². The summed E-state index contributed by atoms with van der Waals surface area (Å²) in [4.78, 5) is 17.0. The van der Waals surface area contributed by atoms with E-state index in [0.717, 1.165) is 37.0 Å². The number of aryl methyl sites for hydroxylation is 1. The molecule has 0 spiro atoms. The van der Waals surface area contributed by atoms with Gasteiger partial charge in [0.25, 0.3) is 0 Å². The first-order valence-corrected chi connectivity index (χ1v) is 8.90. The molecule has 0 aliphatic rings. The first kappa shape index (κ1) is 17.7. The van der Waals surface area contributed by atoms with E-state index in [0.29, 0.717) is 18.1 Å². The molecule has 0 fully saturated rings. The second-order valence-electron chi connectivity index (χ2n) is 6.49. The molecular formula is C17H24N2O3S. The number of unbranched alkanes of at least 4 members (excludes halogenated alkanes) is 3. The van der Waals surface area contributed by atoms with Crippen LogP contribution in [0.3, 0.4) is 0 Å². The van der Waals surface area contributed by atoms with Gasteiger partial charge in [-0.05, 0) is 45.1 Å². The van der Waals surface area contributed by atoms with Crippen LogP contribution in [0.25, 0.3) is 10.7 Å². The SMILES string of the molecule is CC(C)(C)OC(=O)CCCCCCc1nc(-c2cccs2)no1. The summed E-state index contributed by atoms with van der Waals surface area (Å²) < 4.78 is 10.5. The fourth-order valence-corrected chi connectivity index (χ4v) is 2.80. The summed E-state index contributed by atoms with van der Waals surface area (Å²) in [7, 11) is 0. The molecule has 0 aromatic carbocycles. The molecule has 0 atom stereocenters. The van der Waals surface area contributed by atoms with Crippen LogP contribution in [0.5, 0.6) is 0 Å². The Bertz CT molecular complexity index is 600. The third kappa shape index (κ3) is 6.52. The Balaban J connectivity index is 1.58. The molecule has 0 aliphatic carbocycles. The van der Waals surface area contributed by atoms with Crippen LogP contribution < -0.4 is 0 Å². The first-order valence-electron chi connectivity index (χ1n) is 8.02. The van der Waals surface area contributed by atoms with Crippen molar-refractivity contribution in [3.63, 3.8) is 0 Å². The van der Waals surface area contributed by atoms with Crippen LogP contribution in [0, 0.1) is 0 Å². The van der Waals surface area contributed by atoms with Gasteiger partial charge in [-0.25, -0.2) is 0 Å². The molecule has 126 valence electrons. The molecule has 0 N–H and O–H groups in total. The van der Waals surface area contributed by atoms with Crippen molar-refractivity contribution in [1.29, 1.82) is 0 Å². The number of carbonyl (C=O) groups is 1. The topological polar surface area (TPSA) is 65.2 Å². The summed E-state index contributed by atoms with van der Waals surface area (Å²) in [6.07, 6.45) is 5.16. The number of rotatable bonds is 8. The number of hydrogen-bond donors (Lipinski definition) is 0. The molecule has 0 saturated heterocycles. The molecule has 0 radical (unpaired) electrons. The predicted octanol–water partition coefficient (Wildman–Crippen LogP) is 4.63. The highest BCUT2D eigenvalue weighted by molar-refractivity contribution is 7.13. The Kier molecular flexibility index (Phi) is 6.33. The van der Waals surface area contributed by atoms with Gasteiger partial charge < -0.3 is 9.26 Å². The Morgan fingerprint density at radius 2 is 2.04 bits per heavy atom. The smallest absolute Gasteiger partial charge is 0.306 e. The van der Waals surface area contributed by atoms with Crippen LogP contribution in [0.15, 0.2) is 22.0 Å². The van der Waals surface area contributed by atoms with E-state index in [1.165, 1.54) is 0 Å². The molecule has 0 saturated carbocycles. The van der Waals surface area contributed by atoms with Gasteiger partial charge in [0.2, 0.25) is 11.7 Å². The van der Waals surface area contributed by atoms with E-state index in [4.69, 9.17) is 9.26 Å². The standard InChI is InChI=1S/C17H24N2O3S/c1-17(2,3)21-15(20)11-7-5-4-6-10-14-18-16(19-22-14)13-9-8-12-23-13/h8-9,12H,4-7,10-11H2,1-3H3. The van der Waals surface area contributed by atoms with Crippen LogP contribution in [-0.4, -0.2) is 21.7 Å². The summed E-state index contributed by atoms with van der Waals surface area (Å²) in [5, 5.41) is 5.99. The van der Waals surface area contributed by atoms with Gasteiger partial charge in [-0.1, -0.05) is 24.1 Å². The highest BCUT2D eigenvalue weighted by Gasteiger charge is 2.15. The van der Waals surface area contributed by atoms with Gasteiger partial charge in [0.1, 0.15) is 5.60 Å². The fraction of sp³-hybridized carbons (Fsp3) is 0.588. The van der Waals surface area contributed by atoms with Gasteiger partial charge in [0.05, 0.1) is 4.88 Å². The lowest BCUT2D eigenvalue weighted by atomic mass is 10.1. The third-order valence-corrected chi connectivity index (χ3v) is 4.02. The number of carbonyl (C=O) groups excluding carboxylic acids is 1. The second-order valence-corrected chi connectivity index (χ2v) is 7.44. The van der Waals surface area contributed by atoms with Crippen molar-refractivity contribution in [3.05, 3.63) is 23.4 Å². The van der Waals surface area contributed by atoms with Crippen molar-refractivity contribution in [3.8, 4) is 10.7 Å². The highest BCUT2D eigenvalue weighted by atomic mass is 32.1. The van der Waals surface area contributed by atoms with Gasteiger partial charge in [-0.15, -0.1) is 11.3 Å². The molecule has 0 amide bonds. The Morgan fingerprint density at radius 1 is 1.26 bits per heavy atom. The van der Waals surface area contributed by atoms with Gasteiger partial charge in [-0.2, -0.15) is 4.98 Å². The molecule has 0 aliphatic heterocycles. The maximum Gasteiger partial charge on any atom is 0.306 e. The number of ether oxygens (including phenoxy) is 1. The Labute approximate surface area is 141 Å². The minimum Gasteiger partial charge on any atom is -0.460 e. The largest absolute Gasteiger partial charge is 0.460 e. The predicted molar refractivity (Wildman–Crippen MR) is 90.2 cm³/mol. The van der Waals surface area contributed by atoms with Gasteiger partial charge in [0.15, 0.2) is 0 Å². The minimum absolute atomic E-state index is 0.116. The van der Waals surface area contributed by atoms with Crippen molar-refractivity contribution >= 4 is 17.3 Å². The molecule has 0 bridgehead atoms. The van der Waals surface area contributed by atoms with Crippen LogP contribution in [0.2, 0.25) is 0 Å². The van der Waals surface area contributed by atoms with E-state index in [1.807, 2.05) is 38.3 Å². The average Bonchev–Trinajstić information content (AvgIpc) is 3.11. The van der Waals surface area contributed by atoms with Crippen LogP contribution >= 0.6 is 11.3 Å². The van der Waals surface area contributed by atoms with Crippen molar-refractivity contribution in [2.75, 3.05) is 0 Å². The summed E-state index contributed by atoms with van der Waals surface area (Å²) in [6.45, 7) is 5.67. The molecule has 2 rings (SSSR count). The van der Waals surface area contributed by atoms with E-state index in [-0.39, 0.29) is 5.97 Å². The quantitative estimate of drug-likeness (QED) is 0.519. The molecule has 0 unspecified atom stereocenters. The van der Waals surface area contributed by atoms with Crippen LogP contribution in [-0.2, 0) is 16.0 Å². The summed E-state index contributed by atoms with van der Waals surface area (Å²) in [6, 6.07) is 3.96. The molecule has 23 heavy (non-hydrogen) atoms. The zero-order chi connectivity index (χ0) is 16.7.